The van der Waals surface area contributed by atoms with Crippen LogP contribution in [0.25, 0.3) is 17.0 Å². The molecule has 18 heavy (non-hydrogen) atoms. The third kappa shape index (κ3) is 1.48. The maximum Gasteiger partial charge on any atom is 0.139 e. The molecule has 0 fully saturated rings. The van der Waals surface area contributed by atoms with Crippen LogP contribution >= 0.6 is 0 Å². The molecule has 0 radical (unpaired) electrons. The number of nitrogens with zero attached hydrogens (tertiary/aromatic N) is 4. The van der Waals surface area contributed by atoms with Crippen molar-refractivity contribution in [3.05, 3.63) is 36.2 Å². The van der Waals surface area contributed by atoms with Crippen molar-refractivity contribution in [2.24, 2.45) is 0 Å². The van der Waals surface area contributed by atoms with E-state index in [2.05, 4.69) is 10.1 Å². The van der Waals surface area contributed by atoms with Crippen molar-refractivity contribution >= 4 is 11.5 Å². The van der Waals surface area contributed by atoms with Crippen LogP contribution in [0.4, 0.5) is 5.82 Å². The summed E-state index contributed by atoms with van der Waals surface area (Å²) in [6.07, 6.45) is 3.77. The molecular formula is C13H15N5. The molecule has 3 aromatic rings. The Kier molecular flexibility index (Phi) is 2.33. The van der Waals surface area contributed by atoms with E-state index >= 15 is 0 Å². The third-order valence-corrected chi connectivity index (χ3v) is 3.06. The lowest BCUT2D eigenvalue weighted by molar-refractivity contribution is 0.666. The molecule has 3 aromatic heterocycles. The molecule has 2 N–H and O–H groups in total. The number of imidazole rings is 1. The van der Waals surface area contributed by atoms with Crippen LogP contribution in [0.3, 0.4) is 0 Å². The van der Waals surface area contributed by atoms with Gasteiger partial charge in [-0.2, -0.15) is 5.10 Å². The molecule has 0 bridgehead atoms. The van der Waals surface area contributed by atoms with Crippen molar-refractivity contribution in [2.75, 3.05) is 5.73 Å². The van der Waals surface area contributed by atoms with E-state index in [1.54, 1.807) is 6.20 Å². The van der Waals surface area contributed by atoms with E-state index < -0.39 is 0 Å². The fraction of sp³-hybridized carbons (Fsp3) is 0.231. The highest BCUT2D eigenvalue weighted by Gasteiger charge is 2.14. The van der Waals surface area contributed by atoms with E-state index in [1.807, 2.05) is 47.3 Å². The highest BCUT2D eigenvalue weighted by atomic mass is 15.3. The van der Waals surface area contributed by atoms with Crippen molar-refractivity contribution in [1.82, 2.24) is 19.2 Å². The number of aromatic nitrogens is 4. The maximum atomic E-state index is 6.18. The second-order valence-electron chi connectivity index (χ2n) is 4.31. The Morgan fingerprint density at radius 1 is 1.28 bits per heavy atom. The predicted molar refractivity (Wildman–Crippen MR) is 71.2 cm³/mol. The molecule has 92 valence electrons. The summed E-state index contributed by atoms with van der Waals surface area (Å²) in [5, 5.41) is 4.25. The molecule has 5 heteroatoms. The predicted octanol–water partition coefficient (Wildman–Crippen LogP) is 2.11. The average molecular weight is 241 g/mol. The summed E-state index contributed by atoms with van der Waals surface area (Å²) in [7, 11) is 0. The Labute approximate surface area is 105 Å². The lowest BCUT2D eigenvalue weighted by atomic mass is 10.3. The van der Waals surface area contributed by atoms with Crippen molar-refractivity contribution in [3.8, 4) is 11.4 Å². The normalized spacial score (nSPS) is 11.2. The van der Waals surface area contributed by atoms with Gasteiger partial charge in [-0.15, -0.1) is 0 Å². The smallest absolute Gasteiger partial charge is 0.139 e. The zero-order chi connectivity index (χ0) is 12.7. The number of nitrogen functional groups attached to an aromatic ring is 1. The first-order valence-electron chi connectivity index (χ1n) is 5.97. The molecule has 0 aromatic carbocycles. The standard InChI is InChI=1S/C13H15N5/c1-3-18-10(6-7-15-18)12-13(14)17-8-9(2)4-5-11(17)16-12/h4-8H,3,14H2,1-2H3. The van der Waals surface area contributed by atoms with Crippen LogP contribution in [-0.2, 0) is 6.54 Å². The summed E-state index contributed by atoms with van der Waals surface area (Å²) in [5.74, 6) is 0.656. The second kappa shape index (κ2) is 3.87. The molecule has 0 amide bonds. The average Bonchev–Trinajstić information content (AvgIpc) is 2.94. The van der Waals surface area contributed by atoms with E-state index in [-0.39, 0.29) is 0 Å². The topological polar surface area (TPSA) is 61.1 Å². The van der Waals surface area contributed by atoms with Gasteiger partial charge < -0.3 is 5.73 Å². The van der Waals surface area contributed by atoms with Crippen LogP contribution in [0.15, 0.2) is 30.6 Å². The van der Waals surface area contributed by atoms with Gasteiger partial charge in [0, 0.05) is 18.9 Å². The van der Waals surface area contributed by atoms with Crippen LogP contribution in [0.2, 0.25) is 0 Å². The molecule has 3 heterocycles. The third-order valence-electron chi connectivity index (χ3n) is 3.06. The van der Waals surface area contributed by atoms with Crippen molar-refractivity contribution < 1.29 is 0 Å². The van der Waals surface area contributed by atoms with E-state index in [4.69, 9.17) is 5.73 Å². The number of rotatable bonds is 2. The van der Waals surface area contributed by atoms with Gasteiger partial charge in [0.05, 0.1) is 5.69 Å². The highest BCUT2D eigenvalue weighted by molar-refractivity contribution is 5.72. The highest BCUT2D eigenvalue weighted by Crippen LogP contribution is 2.26. The Bertz CT molecular complexity index is 707. The first-order valence-corrected chi connectivity index (χ1v) is 5.97. The summed E-state index contributed by atoms with van der Waals surface area (Å²) >= 11 is 0. The summed E-state index contributed by atoms with van der Waals surface area (Å²) in [4.78, 5) is 4.58. The molecule has 0 saturated heterocycles. The summed E-state index contributed by atoms with van der Waals surface area (Å²) in [5.41, 5.74) is 9.94. The monoisotopic (exact) mass is 241 g/mol. The van der Waals surface area contributed by atoms with Crippen molar-refractivity contribution in [3.63, 3.8) is 0 Å². The van der Waals surface area contributed by atoms with Gasteiger partial charge in [-0.1, -0.05) is 6.07 Å². The van der Waals surface area contributed by atoms with Gasteiger partial charge in [-0.3, -0.25) is 9.08 Å². The maximum absolute atomic E-state index is 6.18. The minimum atomic E-state index is 0.656. The number of aryl methyl sites for hydroxylation is 2. The SMILES string of the molecule is CCn1nccc1-c1nc2ccc(C)cn2c1N. The van der Waals surface area contributed by atoms with Gasteiger partial charge in [0.15, 0.2) is 0 Å². The number of fused-ring (bicyclic) bond motifs is 1. The minimum absolute atomic E-state index is 0.656. The van der Waals surface area contributed by atoms with E-state index in [0.29, 0.717) is 5.82 Å². The lowest BCUT2D eigenvalue weighted by Crippen LogP contribution is -2.01. The van der Waals surface area contributed by atoms with Crippen LogP contribution in [0, 0.1) is 6.92 Å². The van der Waals surface area contributed by atoms with Gasteiger partial charge in [-0.25, -0.2) is 4.98 Å². The van der Waals surface area contributed by atoms with Crippen molar-refractivity contribution in [1.29, 1.82) is 0 Å². The van der Waals surface area contributed by atoms with Crippen LogP contribution in [0.1, 0.15) is 12.5 Å². The number of anilines is 1. The molecular weight excluding hydrogens is 226 g/mol. The van der Waals surface area contributed by atoms with Crippen LogP contribution < -0.4 is 5.73 Å². The molecule has 0 spiro atoms. The fourth-order valence-corrected chi connectivity index (χ4v) is 2.14. The fourth-order valence-electron chi connectivity index (χ4n) is 2.14. The summed E-state index contributed by atoms with van der Waals surface area (Å²) in [6.45, 7) is 4.89. The zero-order valence-corrected chi connectivity index (χ0v) is 10.5. The summed E-state index contributed by atoms with van der Waals surface area (Å²) < 4.78 is 3.81. The van der Waals surface area contributed by atoms with Crippen LogP contribution in [0.5, 0.6) is 0 Å². The van der Waals surface area contributed by atoms with E-state index in [0.717, 1.165) is 29.1 Å². The van der Waals surface area contributed by atoms with Gasteiger partial charge in [0.1, 0.15) is 17.2 Å². The lowest BCUT2D eigenvalue weighted by Gasteiger charge is -2.02. The molecule has 3 rings (SSSR count). The molecule has 0 saturated carbocycles. The van der Waals surface area contributed by atoms with Gasteiger partial charge in [-0.05, 0) is 31.5 Å². The van der Waals surface area contributed by atoms with Gasteiger partial charge in [0.2, 0.25) is 0 Å². The second-order valence-corrected chi connectivity index (χ2v) is 4.31. The van der Waals surface area contributed by atoms with Crippen molar-refractivity contribution in [2.45, 2.75) is 20.4 Å². The number of nitrogens with two attached hydrogens (primary N) is 1. The Morgan fingerprint density at radius 2 is 2.11 bits per heavy atom. The molecule has 0 aliphatic rings. The first-order chi connectivity index (χ1) is 8.70. The van der Waals surface area contributed by atoms with E-state index in [9.17, 15) is 0 Å². The number of hydrogen-bond donors (Lipinski definition) is 1. The van der Waals surface area contributed by atoms with Crippen LogP contribution in [-0.4, -0.2) is 19.2 Å². The Balaban J connectivity index is 2.27. The minimum Gasteiger partial charge on any atom is -0.383 e. The number of hydrogen-bond acceptors (Lipinski definition) is 3. The molecule has 0 aliphatic carbocycles. The Morgan fingerprint density at radius 3 is 2.89 bits per heavy atom. The van der Waals surface area contributed by atoms with Gasteiger partial charge >= 0.3 is 0 Å². The number of pyridine rings is 1. The quantitative estimate of drug-likeness (QED) is 0.747. The first kappa shape index (κ1) is 10.8. The van der Waals surface area contributed by atoms with Gasteiger partial charge in [0.25, 0.3) is 0 Å². The zero-order valence-electron chi connectivity index (χ0n) is 10.5. The largest absolute Gasteiger partial charge is 0.383 e. The molecule has 0 atom stereocenters. The molecule has 0 unspecified atom stereocenters. The molecule has 0 aliphatic heterocycles. The molecule has 5 nitrogen and oxygen atoms in total. The van der Waals surface area contributed by atoms with E-state index in [1.165, 1.54) is 0 Å². The summed E-state index contributed by atoms with van der Waals surface area (Å²) in [6, 6.07) is 5.94. The Hall–Kier alpha value is -2.30.